The average molecular weight is 250 g/mol. The van der Waals surface area contributed by atoms with Crippen LogP contribution in [0.25, 0.3) is 0 Å². The number of hydrogen-bond acceptors (Lipinski definition) is 4. The highest BCUT2D eigenvalue weighted by atomic mass is 16.4. The van der Waals surface area contributed by atoms with Crippen molar-refractivity contribution in [3.63, 3.8) is 0 Å². The zero-order valence-electron chi connectivity index (χ0n) is 10.2. The maximum atomic E-state index is 10.8. The van der Waals surface area contributed by atoms with E-state index >= 15 is 0 Å². The van der Waals surface area contributed by atoms with Gasteiger partial charge in [-0.2, -0.15) is 0 Å². The summed E-state index contributed by atoms with van der Waals surface area (Å²) in [5.41, 5.74) is 0.0317. The summed E-state index contributed by atoms with van der Waals surface area (Å²) in [4.78, 5) is 14.8. The van der Waals surface area contributed by atoms with E-state index in [1.807, 2.05) is 0 Å². The molecule has 0 amide bonds. The topological polar surface area (TPSA) is 82.5 Å². The first-order chi connectivity index (χ1) is 8.66. The van der Waals surface area contributed by atoms with Gasteiger partial charge in [0, 0.05) is 12.5 Å². The number of aromatic carboxylic acids is 1. The molecule has 2 atom stereocenters. The van der Waals surface area contributed by atoms with Crippen LogP contribution in [0.1, 0.15) is 36.2 Å². The number of aromatic nitrogens is 1. The predicted octanol–water partition coefficient (Wildman–Crippen LogP) is 1.74. The molecular weight excluding hydrogens is 232 g/mol. The molecule has 3 N–H and O–H groups in total. The molecule has 0 radical (unpaired) electrons. The van der Waals surface area contributed by atoms with E-state index in [1.165, 1.54) is 6.07 Å². The number of carboxylic acid groups (broad SMARTS) is 1. The van der Waals surface area contributed by atoms with Crippen LogP contribution >= 0.6 is 0 Å². The van der Waals surface area contributed by atoms with Gasteiger partial charge >= 0.3 is 5.97 Å². The lowest BCUT2D eigenvalue weighted by atomic mass is 9.86. The molecule has 0 aliphatic heterocycles. The molecule has 5 heteroatoms. The van der Waals surface area contributed by atoms with Crippen molar-refractivity contribution in [3.8, 4) is 0 Å². The Morgan fingerprint density at radius 1 is 1.39 bits per heavy atom. The van der Waals surface area contributed by atoms with Gasteiger partial charge in [-0.1, -0.05) is 18.9 Å². The second-order valence-corrected chi connectivity index (χ2v) is 4.71. The zero-order chi connectivity index (χ0) is 13.0. The van der Waals surface area contributed by atoms with Gasteiger partial charge in [-0.05, 0) is 25.0 Å². The van der Waals surface area contributed by atoms with E-state index in [4.69, 9.17) is 5.11 Å². The second kappa shape index (κ2) is 5.82. The van der Waals surface area contributed by atoms with Crippen LogP contribution in [0.2, 0.25) is 0 Å². The van der Waals surface area contributed by atoms with Crippen LogP contribution in [0.5, 0.6) is 0 Å². The van der Waals surface area contributed by atoms with Crippen LogP contribution in [-0.4, -0.2) is 33.8 Å². The van der Waals surface area contributed by atoms with E-state index in [0.29, 0.717) is 12.4 Å². The third kappa shape index (κ3) is 3.20. The Kier molecular flexibility index (Phi) is 4.15. The Balaban J connectivity index is 1.93. The van der Waals surface area contributed by atoms with E-state index in [-0.39, 0.29) is 17.7 Å². The van der Waals surface area contributed by atoms with Gasteiger partial charge in [0.15, 0.2) is 5.69 Å². The molecule has 0 bridgehead atoms. The highest BCUT2D eigenvalue weighted by molar-refractivity contribution is 5.85. The van der Waals surface area contributed by atoms with Crippen LogP contribution in [-0.2, 0) is 0 Å². The molecule has 0 aromatic carbocycles. The van der Waals surface area contributed by atoms with Gasteiger partial charge < -0.3 is 15.5 Å². The van der Waals surface area contributed by atoms with E-state index in [9.17, 15) is 9.90 Å². The fraction of sp³-hybridized carbons (Fsp3) is 0.538. The van der Waals surface area contributed by atoms with Gasteiger partial charge in [0.2, 0.25) is 0 Å². The number of nitrogens with one attached hydrogen (secondary N) is 1. The lowest BCUT2D eigenvalue weighted by Gasteiger charge is -2.27. The number of aliphatic hydroxyl groups is 1. The van der Waals surface area contributed by atoms with Crippen LogP contribution in [0.3, 0.4) is 0 Å². The summed E-state index contributed by atoms with van der Waals surface area (Å²) in [6.07, 6.45) is 3.84. The maximum Gasteiger partial charge on any atom is 0.354 e. The van der Waals surface area contributed by atoms with Gasteiger partial charge in [0.05, 0.1) is 6.10 Å². The van der Waals surface area contributed by atoms with Crippen LogP contribution in [0.15, 0.2) is 18.2 Å². The molecular formula is C13H18N2O3. The largest absolute Gasteiger partial charge is 0.477 e. The summed E-state index contributed by atoms with van der Waals surface area (Å²) < 4.78 is 0. The van der Waals surface area contributed by atoms with E-state index in [0.717, 1.165) is 25.7 Å². The number of aliphatic hydroxyl groups excluding tert-OH is 1. The third-order valence-electron chi connectivity index (χ3n) is 3.38. The van der Waals surface area contributed by atoms with Crippen molar-refractivity contribution in [2.24, 2.45) is 5.92 Å². The monoisotopic (exact) mass is 250 g/mol. The highest BCUT2D eigenvalue weighted by Gasteiger charge is 2.22. The van der Waals surface area contributed by atoms with Crippen molar-refractivity contribution in [1.29, 1.82) is 0 Å². The number of nitrogens with zero attached hydrogens (tertiary/aromatic N) is 1. The van der Waals surface area contributed by atoms with Gasteiger partial charge in [-0.25, -0.2) is 9.78 Å². The molecule has 2 rings (SSSR count). The van der Waals surface area contributed by atoms with Crippen molar-refractivity contribution in [2.45, 2.75) is 31.8 Å². The van der Waals surface area contributed by atoms with Crippen molar-refractivity contribution in [1.82, 2.24) is 4.98 Å². The molecule has 1 saturated carbocycles. The fourth-order valence-electron chi connectivity index (χ4n) is 2.31. The summed E-state index contributed by atoms with van der Waals surface area (Å²) in [5.74, 6) is -0.252. The Morgan fingerprint density at radius 3 is 2.89 bits per heavy atom. The lowest BCUT2D eigenvalue weighted by molar-refractivity contribution is 0.0689. The molecule has 98 valence electrons. The first-order valence-corrected chi connectivity index (χ1v) is 6.29. The third-order valence-corrected chi connectivity index (χ3v) is 3.38. The van der Waals surface area contributed by atoms with Gasteiger partial charge in [-0.3, -0.25) is 0 Å². The minimum absolute atomic E-state index is 0.0317. The molecule has 18 heavy (non-hydrogen) atoms. The van der Waals surface area contributed by atoms with Gasteiger partial charge in [0.25, 0.3) is 0 Å². The van der Waals surface area contributed by atoms with Crippen LogP contribution < -0.4 is 5.32 Å². The number of pyridine rings is 1. The summed E-state index contributed by atoms with van der Waals surface area (Å²) in [6, 6.07) is 4.86. The average Bonchev–Trinajstić information content (AvgIpc) is 2.38. The Hall–Kier alpha value is -1.62. The number of carboxylic acids is 1. The summed E-state index contributed by atoms with van der Waals surface area (Å²) in [6.45, 7) is 0.636. The first kappa shape index (κ1) is 12.8. The van der Waals surface area contributed by atoms with E-state index in [2.05, 4.69) is 10.3 Å². The standard InChI is InChI=1S/C13H18N2O3/c16-11-6-2-1-4-9(11)8-14-12-7-3-5-10(15-12)13(17)18/h3,5,7,9,11,16H,1-2,4,6,8H2,(H,14,15)(H,17,18). The fourth-order valence-corrected chi connectivity index (χ4v) is 2.31. The minimum atomic E-state index is -1.03. The summed E-state index contributed by atoms with van der Waals surface area (Å²) in [5, 5.41) is 21.8. The quantitative estimate of drug-likeness (QED) is 0.758. The minimum Gasteiger partial charge on any atom is -0.477 e. The van der Waals surface area contributed by atoms with Crippen molar-refractivity contribution < 1.29 is 15.0 Å². The Morgan fingerprint density at radius 2 is 2.17 bits per heavy atom. The normalized spacial score (nSPS) is 23.6. The smallest absolute Gasteiger partial charge is 0.354 e. The molecule has 1 fully saturated rings. The molecule has 1 aromatic rings. The zero-order valence-corrected chi connectivity index (χ0v) is 10.2. The second-order valence-electron chi connectivity index (χ2n) is 4.71. The predicted molar refractivity (Wildman–Crippen MR) is 67.7 cm³/mol. The number of rotatable bonds is 4. The molecule has 2 unspecified atom stereocenters. The lowest BCUT2D eigenvalue weighted by Crippen LogP contribution is -2.30. The molecule has 0 saturated heterocycles. The SMILES string of the molecule is O=C(O)c1cccc(NCC2CCCCC2O)n1. The van der Waals surface area contributed by atoms with E-state index in [1.54, 1.807) is 12.1 Å². The molecule has 1 aliphatic carbocycles. The molecule has 1 aliphatic rings. The Labute approximate surface area is 106 Å². The maximum absolute atomic E-state index is 10.8. The summed E-state index contributed by atoms with van der Waals surface area (Å²) in [7, 11) is 0. The van der Waals surface area contributed by atoms with Crippen molar-refractivity contribution in [2.75, 3.05) is 11.9 Å². The first-order valence-electron chi connectivity index (χ1n) is 6.29. The van der Waals surface area contributed by atoms with Gasteiger partial charge in [-0.15, -0.1) is 0 Å². The highest BCUT2D eigenvalue weighted by Crippen LogP contribution is 2.24. The molecule has 1 aromatic heterocycles. The number of carbonyl (C=O) groups is 1. The molecule has 5 nitrogen and oxygen atoms in total. The number of hydrogen-bond donors (Lipinski definition) is 3. The summed E-state index contributed by atoms with van der Waals surface area (Å²) >= 11 is 0. The van der Waals surface area contributed by atoms with Crippen LogP contribution in [0, 0.1) is 5.92 Å². The van der Waals surface area contributed by atoms with Crippen molar-refractivity contribution >= 4 is 11.8 Å². The van der Waals surface area contributed by atoms with Crippen molar-refractivity contribution in [3.05, 3.63) is 23.9 Å². The van der Waals surface area contributed by atoms with Gasteiger partial charge in [0.1, 0.15) is 5.82 Å². The van der Waals surface area contributed by atoms with E-state index < -0.39 is 5.97 Å². The van der Waals surface area contributed by atoms with Crippen LogP contribution in [0.4, 0.5) is 5.82 Å². The molecule has 1 heterocycles. The molecule has 0 spiro atoms. The Bertz CT molecular complexity index is 422. The number of anilines is 1.